The van der Waals surface area contributed by atoms with Crippen molar-refractivity contribution in [3.8, 4) is 0 Å². The molecule has 0 radical (unpaired) electrons. The third-order valence-corrected chi connectivity index (χ3v) is 4.09. The molecule has 0 aliphatic carbocycles. The Labute approximate surface area is 128 Å². The zero-order valence-electron chi connectivity index (χ0n) is 11.7. The van der Waals surface area contributed by atoms with E-state index in [9.17, 15) is 0 Å². The highest BCUT2D eigenvalue weighted by atomic mass is 32.1. The summed E-state index contributed by atoms with van der Waals surface area (Å²) in [4.78, 5) is 1.13. The average Bonchev–Trinajstić information content (AvgIpc) is 2.94. The Bertz CT molecular complexity index is 610. The van der Waals surface area contributed by atoms with Crippen molar-refractivity contribution >= 4 is 40.1 Å². The van der Waals surface area contributed by atoms with Crippen LogP contribution in [-0.4, -0.2) is 10.8 Å². The second-order valence-electron chi connectivity index (χ2n) is 4.51. The number of hydrogen-bond donors (Lipinski definition) is 2. The molecule has 0 saturated carbocycles. The third-order valence-electron chi connectivity index (χ3n) is 2.92. The molecule has 20 heavy (non-hydrogen) atoms. The number of aryl methyl sites for hydroxylation is 2. The fraction of sp³-hybridized carbons (Fsp3) is 0.200. The van der Waals surface area contributed by atoms with Crippen LogP contribution in [0.15, 0.2) is 40.8 Å². The first-order valence-corrected chi connectivity index (χ1v) is 7.58. The Hall–Kier alpha value is -1.72. The summed E-state index contributed by atoms with van der Waals surface area (Å²) in [5.74, 6) is 0. The molecule has 5 heteroatoms. The van der Waals surface area contributed by atoms with E-state index in [2.05, 4.69) is 41.8 Å². The second kappa shape index (κ2) is 6.63. The van der Waals surface area contributed by atoms with Gasteiger partial charge in [-0.25, -0.2) is 0 Å². The number of nitrogens with zero attached hydrogens (tertiary/aromatic N) is 1. The van der Waals surface area contributed by atoms with Gasteiger partial charge in [-0.1, -0.05) is 24.3 Å². The molecule has 0 spiro atoms. The standard InChI is InChI=1S/C15H17N3S2/c1-10-6-4-7-11(2)14(10)16-15(19)18-17-12(3)13-8-5-9-20-13/h4-9H,1-3H3,(H2,16,18,19)/b17-12+. The molecular formula is C15H17N3S2. The quantitative estimate of drug-likeness (QED) is 0.510. The Kier molecular flexibility index (Phi) is 4.87. The Morgan fingerprint density at radius 3 is 2.45 bits per heavy atom. The summed E-state index contributed by atoms with van der Waals surface area (Å²) < 4.78 is 0. The molecule has 0 aliphatic heterocycles. The minimum atomic E-state index is 0.498. The lowest BCUT2D eigenvalue weighted by molar-refractivity contribution is 1.04. The number of anilines is 1. The zero-order chi connectivity index (χ0) is 14.5. The summed E-state index contributed by atoms with van der Waals surface area (Å²) in [5.41, 5.74) is 7.17. The van der Waals surface area contributed by atoms with Gasteiger partial charge in [0.1, 0.15) is 0 Å². The van der Waals surface area contributed by atoms with E-state index in [1.54, 1.807) is 11.3 Å². The molecule has 0 bridgehead atoms. The first-order chi connectivity index (χ1) is 9.58. The van der Waals surface area contributed by atoms with Crippen LogP contribution in [0, 0.1) is 13.8 Å². The van der Waals surface area contributed by atoms with Crippen LogP contribution in [0.4, 0.5) is 5.69 Å². The van der Waals surface area contributed by atoms with Crippen molar-refractivity contribution in [2.45, 2.75) is 20.8 Å². The number of thiophene rings is 1. The number of hydrazone groups is 1. The van der Waals surface area contributed by atoms with Crippen molar-refractivity contribution in [2.24, 2.45) is 5.10 Å². The van der Waals surface area contributed by atoms with Gasteiger partial charge in [0.15, 0.2) is 5.11 Å². The maximum Gasteiger partial charge on any atom is 0.191 e. The van der Waals surface area contributed by atoms with E-state index >= 15 is 0 Å². The molecule has 3 nitrogen and oxygen atoms in total. The molecule has 1 aromatic heterocycles. The Morgan fingerprint density at radius 1 is 1.15 bits per heavy atom. The average molecular weight is 303 g/mol. The number of nitrogens with one attached hydrogen (secondary N) is 2. The molecule has 104 valence electrons. The topological polar surface area (TPSA) is 36.4 Å². The van der Waals surface area contributed by atoms with Gasteiger partial charge in [-0.3, -0.25) is 5.43 Å². The summed E-state index contributed by atoms with van der Waals surface area (Å²) >= 11 is 6.93. The SMILES string of the molecule is C/C(=N\NC(=S)Nc1c(C)cccc1C)c1cccs1. The fourth-order valence-electron chi connectivity index (χ4n) is 1.83. The van der Waals surface area contributed by atoms with E-state index < -0.39 is 0 Å². The maximum atomic E-state index is 5.28. The van der Waals surface area contributed by atoms with E-state index in [0.717, 1.165) is 27.4 Å². The van der Waals surface area contributed by atoms with E-state index in [4.69, 9.17) is 12.2 Å². The van der Waals surface area contributed by atoms with Crippen LogP contribution in [0.1, 0.15) is 22.9 Å². The minimum absolute atomic E-state index is 0.498. The molecule has 2 N–H and O–H groups in total. The van der Waals surface area contributed by atoms with Crippen LogP contribution in [0.2, 0.25) is 0 Å². The van der Waals surface area contributed by atoms with Gasteiger partial charge in [0.05, 0.1) is 5.71 Å². The summed E-state index contributed by atoms with van der Waals surface area (Å²) in [5, 5.41) is 10.0. The molecule has 0 saturated heterocycles. The highest BCUT2D eigenvalue weighted by molar-refractivity contribution is 7.80. The summed E-state index contributed by atoms with van der Waals surface area (Å²) in [6.07, 6.45) is 0. The molecule has 2 rings (SSSR count). The van der Waals surface area contributed by atoms with Crippen molar-refractivity contribution in [3.05, 3.63) is 51.7 Å². The smallest absolute Gasteiger partial charge is 0.191 e. The van der Waals surface area contributed by atoms with Crippen LogP contribution in [0.3, 0.4) is 0 Å². The third kappa shape index (κ3) is 3.65. The van der Waals surface area contributed by atoms with Gasteiger partial charge in [-0.15, -0.1) is 11.3 Å². The molecule has 0 fully saturated rings. The molecule has 2 aromatic rings. The second-order valence-corrected chi connectivity index (χ2v) is 5.86. The maximum absolute atomic E-state index is 5.28. The molecule has 0 aliphatic rings. The Balaban J connectivity index is 2.01. The van der Waals surface area contributed by atoms with Crippen molar-refractivity contribution in [3.63, 3.8) is 0 Å². The number of hydrogen-bond acceptors (Lipinski definition) is 3. The van der Waals surface area contributed by atoms with Gasteiger partial charge < -0.3 is 5.32 Å². The Morgan fingerprint density at radius 2 is 1.85 bits per heavy atom. The molecule has 0 unspecified atom stereocenters. The summed E-state index contributed by atoms with van der Waals surface area (Å²) in [6.45, 7) is 6.07. The summed E-state index contributed by atoms with van der Waals surface area (Å²) in [6, 6.07) is 10.2. The van der Waals surface area contributed by atoms with Crippen LogP contribution >= 0.6 is 23.6 Å². The van der Waals surface area contributed by atoms with Gasteiger partial charge >= 0.3 is 0 Å². The lowest BCUT2D eigenvalue weighted by atomic mass is 10.1. The predicted molar refractivity (Wildman–Crippen MR) is 91.8 cm³/mol. The highest BCUT2D eigenvalue weighted by Gasteiger charge is 2.04. The van der Waals surface area contributed by atoms with Gasteiger partial charge in [0, 0.05) is 10.6 Å². The van der Waals surface area contributed by atoms with E-state index in [1.165, 1.54) is 0 Å². The van der Waals surface area contributed by atoms with E-state index in [1.807, 2.05) is 30.5 Å². The number of rotatable bonds is 3. The number of benzene rings is 1. The number of para-hydroxylation sites is 1. The van der Waals surface area contributed by atoms with Crippen molar-refractivity contribution < 1.29 is 0 Å². The summed E-state index contributed by atoms with van der Waals surface area (Å²) in [7, 11) is 0. The van der Waals surface area contributed by atoms with Crippen LogP contribution in [0.25, 0.3) is 0 Å². The van der Waals surface area contributed by atoms with Gasteiger partial charge in [0.2, 0.25) is 0 Å². The van der Waals surface area contributed by atoms with Crippen molar-refractivity contribution in [1.82, 2.24) is 5.43 Å². The largest absolute Gasteiger partial charge is 0.331 e. The molecular weight excluding hydrogens is 286 g/mol. The van der Waals surface area contributed by atoms with E-state index in [0.29, 0.717) is 5.11 Å². The van der Waals surface area contributed by atoms with E-state index in [-0.39, 0.29) is 0 Å². The van der Waals surface area contributed by atoms with Gasteiger partial charge in [-0.2, -0.15) is 5.10 Å². The lowest BCUT2D eigenvalue weighted by Crippen LogP contribution is -2.25. The molecule has 1 aromatic carbocycles. The van der Waals surface area contributed by atoms with Crippen LogP contribution in [0.5, 0.6) is 0 Å². The number of thiocarbonyl (C=S) groups is 1. The predicted octanol–water partition coefficient (Wildman–Crippen LogP) is 4.08. The van der Waals surface area contributed by atoms with Crippen molar-refractivity contribution in [2.75, 3.05) is 5.32 Å². The molecule has 1 heterocycles. The first kappa shape index (κ1) is 14.7. The van der Waals surface area contributed by atoms with Crippen LogP contribution in [-0.2, 0) is 0 Å². The first-order valence-electron chi connectivity index (χ1n) is 6.29. The zero-order valence-corrected chi connectivity index (χ0v) is 13.4. The fourth-order valence-corrected chi connectivity index (χ4v) is 2.65. The molecule has 0 atom stereocenters. The minimum Gasteiger partial charge on any atom is -0.331 e. The van der Waals surface area contributed by atoms with Gasteiger partial charge in [0.25, 0.3) is 0 Å². The monoisotopic (exact) mass is 303 g/mol. The normalized spacial score (nSPS) is 11.2. The van der Waals surface area contributed by atoms with Gasteiger partial charge in [-0.05, 0) is 55.6 Å². The molecule has 0 amide bonds. The highest BCUT2D eigenvalue weighted by Crippen LogP contribution is 2.19. The lowest BCUT2D eigenvalue weighted by Gasteiger charge is -2.12. The van der Waals surface area contributed by atoms with Crippen molar-refractivity contribution in [1.29, 1.82) is 0 Å². The van der Waals surface area contributed by atoms with Crippen LogP contribution < -0.4 is 10.7 Å².